The monoisotopic (exact) mass is 479 g/mol. The molecule has 3 amide bonds. The van der Waals surface area contributed by atoms with E-state index in [-0.39, 0.29) is 29.5 Å². The van der Waals surface area contributed by atoms with Crippen molar-refractivity contribution < 1.29 is 27.9 Å². The van der Waals surface area contributed by atoms with Crippen LogP contribution in [0.15, 0.2) is 41.3 Å². The third-order valence-corrected chi connectivity index (χ3v) is 6.84. The predicted molar refractivity (Wildman–Crippen MR) is 124 cm³/mol. The fourth-order valence-electron chi connectivity index (χ4n) is 3.58. The van der Waals surface area contributed by atoms with E-state index in [9.17, 15) is 23.2 Å². The number of ether oxygens (including phenoxy) is 1. The molecule has 0 bridgehead atoms. The average molecular weight is 480 g/mol. The van der Waals surface area contributed by atoms with Crippen LogP contribution in [0.25, 0.3) is 0 Å². The molecule has 0 aliphatic carbocycles. The molecule has 1 aliphatic heterocycles. The minimum absolute atomic E-state index is 0.00101. The van der Waals surface area contributed by atoms with Gasteiger partial charge in [0.05, 0.1) is 17.9 Å². The number of anilines is 1. The number of rotatable bonds is 7. The smallest absolute Gasteiger partial charge is 0.251 e. The van der Waals surface area contributed by atoms with Gasteiger partial charge in [-0.05, 0) is 48.6 Å². The Balaban J connectivity index is 1.87. The zero-order valence-electron chi connectivity index (χ0n) is 18.8. The molecule has 3 N–H and O–H groups in total. The molecule has 3 rings (SSSR count). The van der Waals surface area contributed by atoms with E-state index in [2.05, 4.69) is 16.0 Å². The van der Waals surface area contributed by atoms with Gasteiger partial charge >= 0.3 is 0 Å². The predicted octanol–water partition coefficient (Wildman–Crippen LogP) is 2.96. The van der Waals surface area contributed by atoms with Gasteiger partial charge in [0.15, 0.2) is 0 Å². The van der Waals surface area contributed by atoms with Crippen LogP contribution >= 0.6 is 10.0 Å². The first-order chi connectivity index (χ1) is 15.5. The Morgan fingerprint density at radius 3 is 2.21 bits per heavy atom. The maximum Gasteiger partial charge on any atom is 0.251 e. The summed E-state index contributed by atoms with van der Waals surface area (Å²) in [5.74, 6) is -2.95. The van der Waals surface area contributed by atoms with E-state index in [1.165, 1.54) is 7.11 Å². The van der Waals surface area contributed by atoms with Crippen LogP contribution in [-0.2, 0) is 14.4 Å². The molecular formula is C23H27F2N3O4S. The molecule has 0 radical (unpaired) electrons. The van der Waals surface area contributed by atoms with Crippen LogP contribution in [0.2, 0.25) is 0 Å². The number of amides is 3. The summed E-state index contributed by atoms with van der Waals surface area (Å²) in [7, 11) is -0.173. The van der Waals surface area contributed by atoms with Crippen molar-refractivity contribution in [3.05, 3.63) is 53.6 Å². The third kappa shape index (κ3) is 5.81. The molecule has 2 aromatic rings. The van der Waals surface area contributed by atoms with Crippen molar-refractivity contribution in [2.75, 3.05) is 37.7 Å². The third-order valence-electron chi connectivity index (χ3n) is 5.22. The first kappa shape index (κ1) is 24.5. The first-order valence-electron chi connectivity index (χ1n) is 10.2. The molecule has 0 aromatic heterocycles. The number of benzene rings is 2. The lowest BCUT2D eigenvalue weighted by molar-refractivity contribution is -0.129. The molecule has 0 spiro atoms. The Kier molecular flexibility index (Phi) is 7.26. The van der Waals surface area contributed by atoms with Gasteiger partial charge in [0.1, 0.15) is 23.4 Å². The topological polar surface area (TPSA) is 96.5 Å². The van der Waals surface area contributed by atoms with Gasteiger partial charge in [0.25, 0.3) is 5.91 Å². The number of carbonyl (C=O) groups is 3. The van der Waals surface area contributed by atoms with Gasteiger partial charge in [-0.1, -0.05) is 12.1 Å². The summed E-state index contributed by atoms with van der Waals surface area (Å²) < 4.78 is 34.4. The van der Waals surface area contributed by atoms with Crippen molar-refractivity contribution in [3.8, 4) is 5.75 Å². The van der Waals surface area contributed by atoms with Crippen molar-refractivity contribution in [1.29, 1.82) is 0 Å². The lowest BCUT2D eigenvalue weighted by Gasteiger charge is -2.27. The standard InChI is InChI=1S/C23H27F2N3O4S/c1-32-16-7-5-13(6-8-16)20(28-22(30)14-9-19(29)26-12-14)23(31)27-15-10-17(24)21(18(25)11-15)33(2,3)4/h5-8,10-11,14,20H,9,12H2,1-4H3,(H,26,29)(H,27,31)(H,28,30). The van der Waals surface area contributed by atoms with E-state index >= 15 is 0 Å². The maximum atomic E-state index is 14.6. The molecule has 1 saturated heterocycles. The van der Waals surface area contributed by atoms with E-state index in [1.54, 1.807) is 43.0 Å². The van der Waals surface area contributed by atoms with Gasteiger partial charge in [-0.25, -0.2) is 18.8 Å². The minimum Gasteiger partial charge on any atom is -0.497 e. The fourth-order valence-corrected chi connectivity index (χ4v) is 4.87. The number of hydrogen-bond donors (Lipinski definition) is 3. The van der Waals surface area contributed by atoms with E-state index in [0.717, 1.165) is 12.1 Å². The average Bonchev–Trinajstić information content (AvgIpc) is 3.16. The highest BCUT2D eigenvalue weighted by atomic mass is 32.3. The highest BCUT2D eigenvalue weighted by Crippen LogP contribution is 2.48. The van der Waals surface area contributed by atoms with E-state index in [0.29, 0.717) is 11.3 Å². The number of halogens is 2. The van der Waals surface area contributed by atoms with Crippen LogP contribution in [0, 0.1) is 17.6 Å². The van der Waals surface area contributed by atoms with Gasteiger partial charge in [0, 0.05) is 18.7 Å². The number of carbonyl (C=O) groups excluding carboxylic acids is 3. The molecule has 2 aromatic carbocycles. The number of nitrogens with one attached hydrogen (secondary N) is 3. The normalized spacial score (nSPS) is 17.2. The molecular weight excluding hydrogens is 452 g/mol. The lowest BCUT2D eigenvalue weighted by atomic mass is 10.0. The zero-order valence-corrected chi connectivity index (χ0v) is 19.6. The maximum absolute atomic E-state index is 14.6. The van der Waals surface area contributed by atoms with E-state index in [4.69, 9.17) is 4.74 Å². The molecule has 10 heteroatoms. The quantitative estimate of drug-likeness (QED) is 0.569. The Labute approximate surface area is 192 Å². The number of methoxy groups -OCH3 is 1. The SMILES string of the molecule is COc1ccc(C(NC(=O)C2CNC(=O)C2)C(=O)Nc2cc(F)c(S(C)(C)C)c(F)c2)cc1. The summed E-state index contributed by atoms with van der Waals surface area (Å²) in [4.78, 5) is 37.3. The molecule has 1 aliphatic rings. The molecule has 1 fully saturated rings. The van der Waals surface area contributed by atoms with Gasteiger partial charge in [-0.2, -0.15) is 0 Å². The van der Waals surface area contributed by atoms with Crippen molar-refractivity contribution in [1.82, 2.24) is 10.6 Å². The summed E-state index contributed by atoms with van der Waals surface area (Å²) >= 11 is 0. The second-order valence-electron chi connectivity index (χ2n) is 8.52. The van der Waals surface area contributed by atoms with Crippen molar-refractivity contribution in [2.45, 2.75) is 17.4 Å². The van der Waals surface area contributed by atoms with Crippen LogP contribution in [0.3, 0.4) is 0 Å². The molecule has 1 heterocycles. The largest absolute Gasteiger partial charge is 0.497 e. The molecule has 2 atom stereocenters. The molecule has 178 valence electrons. The summed E-state index contributed by atoms with van der Waals surface area (Å²) in [5.41, 5.74) is 0.378. The fraction of sp³-hybridized carbons (Fsp3) is 0.348. The number of hydrogen-bond acceptors (Lipinski definition) is 4. The van der Waals surface area contributed by atoms with Gasteiger partial charge in [-0.15, -0.1) is 0 Å². The van der Waals surface area contributed by atoms with E-state index < -0.39 is 45.4 Å². The Bertz CT molecular complexity index is 1050. The van der Waals surface area contributed by atoms with Gasteiger partial charge in [-0.3, -0.25) is 14.4 Å². The Morgan fingerprint density at radius 2 is 1.73 bits per heavy atom. The molecule has 33 heavy (non-hydrogen) atoms. The minimum atomic E-state index is -1.67. The van der Waals surface area contributed by atoms with Gasteiger partial charge in [0.2, 0.25) is 11.8 Å². The second kappa shape index (κ2) is 9.78. The second-order valence-corrected chi connectivity index (χ2v) is 12.6. The van der Waals surface area contributed by atoms with Crippen molar-refractivity contribution in [2.24, 2.45) is 5.92 Å². The Morgan fingerprint density at radius 1 is 1.12 bits per heavy atom. The van der Waals surface area contributed by atoms with Gasteiger partial charge < -0.3 is 20.7 Å². The van der Waals surface area contributed by atoms with E-state index in [1.807, 2.05) is 0 Å². The summed E-state index contributed by atoms with van der Waals surface area (Å²) in [5, 5.41) is 7.73. The van der Waals surface area contributed by atoms with Crippen LogP contribution < -0.4 is 20.7 Å². The first-order valence-corrected chi connectivity index (χ1v) is 13.0. The van der Waals surface area contributed by atoms with Crippen molar-refractivity contribution in [3.63, 3.8) is 0 Å². The van der Waals surface area contributed by atoms with Crippen LogP contribution in [0.1, 0.15) is 18.0 Å². The highest BCUT2D eigenvalue weighted by Gasteiger charge is 2.32. The summed E-state index contributed by atoms with van der Waals surface area (Å²) in [6, 6.07) is 7.45. The van der Waals surface area contributed by atoms with Crippen LogP contribution in [0.5, 0.6) is 5.75 Å². The molecule has 2 unspecified atom stereocenters. The highest BCUT2D eigenvalue weighted by molar-refractivity contribution is 8.32. The molecule has 0 saturated carbocycles. The lowest BCUT2D eigenvalue weighted by Crippen LogP contribution is -2.40. The van der Waals surface area contributed by atoms with Crippen molar-refractivity contribution >= 4 is 33.4 Å². The zero-order chi connectivity index (χ0) is 24.3. The Hall–Kier alpha value is -3.14. The van der Waals surface area contributed by atoms with Crippen LogP contribution in [-0.4, -0.2) is 50.1 Å². The molecule has 7 nitrogen and oxygen atoms in total. The summed E-state index contributed by atoms with van der Waals surface area (Å²) in [6.45, 7) is 0.175. The summed E-state index contributed by atoms with van der Waals surface area (Å²) in [6.07, 6.45) is 5.33. The van der Waals surface area contributed by atoms with Crippen LogP contribution in [0.4, 0.5) is 14.5 Å².